The highest BCUT2D eigenvalue weighted by Gasteiger charge is 2.31. The van der Waals surface area contributed by atoms with Gasteiger partial charge in [-0.25, -0.2) is 0 Å². The molecule has 19 heteroatoms. The van der Waals surface area contributed by atoms with E-state index < -0.39 is 65.8 Å². The lowest BCUT2D eigenvalue weighted by atomic mass is 10.00. The van der Waals surface area contributed by atoms with Crippen LogP contribution in [0.25, 0.3) is 0 Å². The molecule has 2 aromatic rings. The van der Waals surface area contributed by atoms with Crippen molar-refractivity contribution in [2.45, 2.75) is 102 Å². The van der Waals surface area contributed by atoms with Crippen LogP contribution in [0.15, 0.2) is 64.6 Å². The van der Waals surface area contributed by atoms with E-state index in [1.807, 2.05) is 19.9 Å². The van der Waals surface area contributed by atoms with Gasteiger partial charge in [0, 0.05) is 32.1 Å². The van der Waals surface area contributed by atoms with Gasteiger partial charge < -0.3 is 66.1 Å². The van der Waals surface area contributed by atoms with Crippen LogP contribution in [-0.4, -0.2) is 102 Å². The number of hydrogen-bond donors (Lipinski definition) is 12. The molecular weight excluding hydrogens is 747 g/mol. The van der Waals surface area contributed by atoms with Crippen LogP contribution in [0.2, 0.25) is 0 Å². The topological polar surface area (TPSA) is 347 Å². The first kappa shape index (κ1) is 48.2. The number of guanidine groups is 2. The van der Waals surface area contributed by atoms with E-state index in [9.17, 15) is 29.1 Å². The maximum absolute atomic E-state index is 14.0. The number of nitrogens with two attached hydrogens (primary N) is 6. The van der Waals surface area contributed by atoms with E-state index in [1.165, 1.54) is 19.1 Å². The molecule has 2 aromatic carbocycles. The van der Waals surface area contributed by atoms with Gasteiger partial charge in [0.25, 0.3) is 0 Å². The lowest BCUT2D eigenvalue weighted by Crippen LogP contribution is -2.59. The van der Waals surface area contributed by atoms with Crippen LogP contribution in [-0.2, 0) is 36.8 Å². The Bertz CT molecular complexity index is 1670. The summed E-state index contributed by atoms with van der Waals surface area (Å²) in [7, 11) is 0. The second-order valence-electron chi connectivity index (χ2n) is 14.6. The van der Waals surface area contributed by atoms with Gasteiger partial charge in [-0.2, -0.15) is 0 Å². The molecule has 6 atom stereocenters. The number of phenols is 1. The molecule has 5 amide bonds. The Hall–Kier alpha value is -5.95. The summed E-state index contributed by atoms with van der Waals surface area (Å²) in [6.07, 6.45) is 2.23. The number of amides is 5. The van der Waals surface area contributed by atoms with Crippen LogP contribution < -0.4 is 61.0 Å². The molecule has 58 heavy (non-hydrogen) atoms. The van der Waals surface area contributed by atoms with Crippen molar-refractivity contribution in [3.05, 3.63) is 65.7 Å². The van der Waals surface area contributed by atoms with E-state index >= 15 is 0 Å². The van der Waals surface area contributed by atoms with E-state index in [-0.39, 0.29) is 49.4 Å². The summed E-state index contributed by atoms with van der Waals surface area (Å²) in [5, 5.41) is 23.9. The number of phenolic OH excluding ortho intramolecular Hbond substituents is 1. The minimum atomic E-state index is -1.13. The third-order valence-electron chi connectivity index (χ3n) is 8.99. The highest BCUT2D eigenvalue weighted by Crippen LogP contribution is 2.12. The molecule has 0 radical (unpaired) electrons. The van der Waals surface area contributed by atoms with Crippen LogP contribution in [0.5, 0.6) is 5.75 Å². The van der Waals surface area contributed by atoms with Gasteiger partial charge in [0.2, 0.25) is 29.5 Å². The minimum Gasteiger partial charge on any atom is -0.508 e. The van der Waals surface area contributed by atoms with Crippen LogP contribution in [0.4, 0.5) is 0 Å². The van der Waals surface area contributed by atoms with Crippen LogP contribution in [0.1, 0.15) is 64.0 Å². The molecule has 0 aliphatic carbocycles. The number of primary amides is 1. The third kappa shape index (κ3) is 19.3. The molecule has 320 valence electrons. The molecule has 0 aliphatic rings. The van der Waals surface area contributed by atoms with E-state index in [4.69, 9.17) is 34.4 Å². The number of nitrogens with one attached hydrogen (secondary N) is 5. The second-order valence-corrected chi connectivity index (χ2v) is 14.6. The predicted molar refractivity (Wildman–Crippen MR) is 224 cm³/mol. The van der Waals surface area contributed by atoms with Crippen molar-refractivity contribution in [2.24, 2.45) is 50.3 Å². The Morgan fingerprint density at radius 2 is 1.19 bits per heavy atom. The number of rotatable bonds is 26. The molecule has 0 heterocycles. The third-order valence-corrected chi connectivity index (χ3v) is 8.99. The predicted octanol–water partition coefficient (Wildman–Crippen LogP) is -1.94. The Labute approximate surface area is 340 Å². The number of aromatic hydroxyl groups is 1. The molecule has 0 aliphatic heterocycles. The van der Waals surface area contributed by atoms with E-state index in [0.29, 0.717) is 38.8 Å². The maximum atomic E-state index is 14.0. The van der Waals surface area contributed by atoms with Gasteiger partial charge in [0.05, 0.1) is 12.1 Å². The van der Waals surface area contributed by atoms with Gasteiger partial charge in [0.1, 0.15) is 23.9 Å². The molecule has 0 saturated carbocycles. The van der Waals surface area contributed by atoms with Crippen molar-refractivity contribution < 1.29 is 29.1 Å². The van der Waals surface area contributed by atoms with Crippen molar-refractivity contribution in [1.29, 1.82) is 0 Å². The van der Waals surface area contributed by atoms with Crippen LogP contribution >= 0.6 is 0 Å². The fourth-order valence-electron chi connectivity index (χ4n) is 5.90. The first-order valence-corrected chi connectivity index (χ1v) is 19.4. The van der Waals surface area contributed by atoms with Gasteiger partial charge in [0.15, 0.2) is 11.9 Å². The highest BCUT2D eigenvalue weighted by atomic mass is 16.3. The van der Waals surface area contributed by atoms with Crippen molar-refractivity contribution in [3.8, 4) is 5.75 Å². The number of nitrogens with zero attached hydrogens (tertiary/aromatic N) is 2. The summed E-state index contributed by atoms with van der Waals surface area (Å²) in [4.78, 5) is 74.5. The number of benzene rings is 2. The summed E-state index contributed by atoms with van der Waals surface area (Å²) in [5.41, 5.74) is 35.0. The monoisotopic (exact) mass is 810 g/mol. The van der Waals surface area contributed by atoms with E-state index in [0.717, 1.165) is 11.1 Å². The number of aliphatic imine (C=N–C) groups is 2. The van der Waals surface area contributed by atoms with Gasteiger partial charge in [-0.15, -0.1) is 0 Å². The highest BCUT2D eigenvalue weighted by molar-refractivity contribution is 5.95. The fourth-order valence-corrected chi connectivity index (χ4v) is 5.90. The zero-order chi connectivity index (χ0) is 43.2. The van der Waals surface area contributed by atoms with Crippen LogP contribution in [0.3, 0.4) is 0 Å². The molecule has 0 aromatic heterocycles. The smallest absolute Gasteiger partial charge is 0.243 e. The Morgan fingerprint density at radius 3 is 1.76 bits per heavy atom. The Kier molecular flexibility index (Phi) is 21.1. The molecule has 2 rings (SSSR count). The largest absolute Gasteiger partial charge is 0.508 e. The van der Waals surface area contributed by atoms with E-state index in [2.05, 4.69) is 36.6 Å². The number of hydrogen-bond acceptors (Lipinski definition) is 10. The first-order valence-electron chi connectivity index (χ1n) is 19.4. The zero-order valence-electron chi connectivity index (χ0n) is 33.7. The number of carbonyl (C=O) groups is 5. The molecule has 0 saturated heterocycles. The average Bonchev–Trinajstić information content (AvgIpc) is 3.15. The van der Waals surface area contributed by atoms with Crippen molar-refractivity contribution in [2.75, 3.05) is 19.6 Å². The lowest BCUT2D eigenvalue weighted by Gasteiger charge is -2.28. The molecule has 0 bridgehead atoms. The lowest BCUT2D eigenvalue weighted by molar-refractivity contribution is -0.134. The quantitative estimate of drug-likeness (QED) is 0.0281. The van der Waals surface area contributed by atoms with Gasteiger partial charge >= 0.3 is 0 Å². The molecule has 0 fully saturated rings. The van der Waals surface area contributed by atoms with Gasteiger partial charge in [-0.05, 0) is 74.6 Å². The fraction of sp³-hybridized carbons (Fsp3) is 0.513. The Balaban J connectivity index is 2.22. The van der Waals surface area contributed by atoms with Crippen molar-refractivity contribution >= 4 is 41.5 Å². The van der Waals surface area contributed by atoms with Gasteiger partial charge in [-0.1, -0.05) is 56.3 Å². The standard InChI is InChI=1S/C39H63N13O6/c1-23(2)19-31(36(57)50-27(11-7-17-46-38(42)43)22-48-30(33(41)54)12-8-18-47-39(44)45)52-37(58)32(21-25-9-5-4-6-10-25)51-34(55)24(3)49-35(56)29(40)20-26-13-15-28(53)16-14-26/h4-6,9-10,13-16,23-24,27,29-32,48,53H,7-8,11-12,17-22,40H2,1-3H3,(H2,41,54)(H,49,56)(H,50,57)(H,51,55)(H,52,58)(H4,42,43,46)(H4,44,45,47)/t24-,27+,29+,30+,31+,32+/m1/s1. The zero-order valence-corrected chi connectivity index (χ0v) is 33.7. The molecule has 19 nitrogen and oxygen atoms in total. The van der Waals surface area contributed by atoms with Crippen LogP contribution in [0, 0.1) is 5.92 Å². The normalized spacial score (nSPS) is 14.1. The van der Waals surface area contributed by atoms with E-state index in [1.54, 1.807) is 36.4 Å². The summed E-state index contributed by atoms with van der Waals surface area (Å²) in [6, 6.07) is 9.83. The van der Waals surface area contributed by atoms with Gasteiger partial charge in [-0.3, -0.25) is 34.0 Å². The Morgan fingerprint density at radius 1 is 0.638 bits per heavy atom. The van der Waals surface area contributed by atoms with Crippen molar-refractivity contribution in [1.82, 2.24) is 26.6 Å². The molecule has 0 spiro atoms. The molecule has 0 unspecified atom stereocenters. The number of carbonyl (C=O) groups excluding carboxylic acids is 5. The minimum absolute atomic E-state index is 0.0258. The second kappa shape index (κ2) is 25.3. The maximum Gasteiger partial charge on any atom is 0.243 e. The molecular formula is C39H63N13O6. The summed E-state index contributed by atoms with van der Waals surface area (Å²) >= 11 is 0. The SMILES string of the molecule is CC(C)C[C@H](NC(=O)[C@H](Cc1ccccc1)NC(=O)[C@@H](C)NC(=O)[C@@H](N)Cc1ccc(O)cc1)C(=O)N[C@@H](CCCN=C(N)N)CN[C@@H](CCCN=C(N)N)C(N)=O. The average molecular weight is 810 g/mol. The van der Waals surface area contributed by atoms with Crippen molar-refractivity contribution in [3.63, 3.8) is 0 Å². The first-order chi connectivity index (χ1) is 27.4. The summed E-state index contributed by atoms with van der Waals surface area (Å²) in [6.45, 7) is 6.03. The summed E-state index contributed by atoms with van der Waals surface area (Å²) in [5.74, 6) is -2.98. The summed E-state index contributed by atoms with van der Waals surface area (Å²) < 4.78 is 0. The molecule has 18 N–H and O–H groups in total.